The highest BCUT2D eigenvalue weighted by atomic mass is 35.5. The van der Waals surface area contributed by atoms with Gasteiger partial charge in [-0.3, -0.25) is 5.10 Å². The van der Waals surface area contributed by atoms with Crippen LogP contribution < -0.4 is 5.73 Å². The highest BCUT2D eigenvalue weighted by Crippen LogP contribution is 2.41. The van der Waals surface area contributed by atoms with Crippen LogP contribution >= 0.6 is 34.8 Å². The minimum Gasteiger partial charge on any atom is -0.382 e. The maximum Gasteiger partial charge on any atom is 0.153 e. The number of hydrogen-bond donors (Lipinski definition) is 2. The van der Waals surface area contributed by atoms with Gasteiger partial charge in [-0.05, 0) is 24.3 Å². The third kappa shape index (κ3) is 2.60. The molecule has 0 aliphatic carbocycles. The lowest BCUT2D eigenvalue weighted by Crippen LogP contribution is -1.90. The molecule has 0 unspecified atom stereocenters. The number of nitrogens with two attached hydrogens (primary N) is 1. The Bertz CT molecular complexity index is 812. The lowest BCUT2D eigenvalue weighted by molar-refractivity contribution is 1.10. The van der Waals surface area contributed by atoms with Gasteiger partial charge in [-0.1, -0.05) is 53.0 Å². The number of rotatable bonds is 2. The number of hydrogen-bond acceptors (Lipinski definition) is 2. The predicted octanol–water partition coefficient (Wildman–Crippen LogP) is 5.29. The molecular weight excluding hydrogens is 329 g/mol. The molecular formula is C15H10Cl3N3. The molecule has 0 saturated carbocycles. The Kier molecular flexibility index (Phi) is 3.81. The van der Waals surface area contributed by atoms with E-state index in [1.54, 1.807) is 24.3 Å². The summed E-state index contributed by atoms with van der Waals surface area (Å²) in [7, 11) is 0. The van der Waals surface area contributed by atoms with E-state index >= 15 is 0 Å². The second kappa shape index (κ2) is 5.60. The predicted molar refractivity (Wildman–Crippen MR) is 88.9 cm³/mol. The second-order valence-electron chi connectivity index (χ2n) is 4.46. The van der Waals surface area contributed by atoms with Crippen molar-refractivity contribution in [3.8, 4) is 22.4 Å². The van der Waals surface area contributed by atoms with E-state index < -0.39 is 0 Å². The highest BCUT2D eigenvalue weighted by Gasteiger charge is 2.18. The highest BCUT2D eigenvalue weighted by molar-refractivity contribution is 6.36. The van der Waals surface area contributed by atoms with E-state index in [1.807, 2.05) is 18.2 Å². The first-order valence-electron chi connectivity index (χ1n) is 6.12. The molecule has 3 aromatic rings. The Morgan fingerprint density at radius 2 is 1.62 bits per heavy atom. The van der Waals surface area contributed by atoms with Crippen molar-refractivity contribution in [2.24, 2.45) is 0 Å². The number of benzene rings is 2. The fourth-order valence-electron chi connectivity index (χ4n) is 2.18. The number of anilines is 1. The van der Waals surface area contributed by atoms with Crippen molar-refractivity contribution in [1.82, 2.24) is 10.2 Å². The van der Waals surface area contributed by atoms with Crippen molar-refractivity contribution in [1.29, 1.82) is 0 Å². The molecule has 3 nitrogen and oxygen atoms in total. The quantitative estimate of drug-likeness (QED) is 0.667. The molecule has 6 heteroatoms. The van der Waals surface area contributed by atoms with Crippen molar-refractivity contribution in [3.05, 3.63) is 57.5 Å². The van der Waals surface area contributed by atoms with E-state index in [-0.39, 0.29) is 0 Å². The Morgan fingerprint density at radius 1 is 0.905 bits per heavy atom. The first-order chi connectivity index (χ1) is 10.1. The number of aromatic nitrogens is 2. The van der Waals surface area contributed by atoms with Gasteiger partial charge in [0.2, 0.25) is 0 Å². The van der Waals surface area contributed by atoms with Gasteiger partial charge in [-0.25, -0.2) is 0 Å². The largest absolute Gasteiger partial charge is 0.382 e. The molecule has 0 saturated heterocycles. The average Bonchev–Trinajstić information content (AvgIpc) is 2.84. The smallest absolute Gasteiger partial charge is 0.153 e. The van der Waals surface area contributed by atoms with Gasteiger partial charge in [-0.2, -0.15) is 5.10 Å². The normalized spacial score (nSPS) is 10.8. The summed E-state index contributed by atoms with van der Waals surface area (Å²) in [4.78, 5) is 0. The van der Waals surface area contributed by atoms with Crippen LogP contribution in [-0.2, 0) is 0 Å². The van der Waals surface area contributed by atoms with Gasteiger partial charge in [0.15, 0.2) is 5.82 Å². The molecule has 0 amide bonds. The van der Waals surface area contributed by atoms with Gasteiger partial charge in [0.05, 0.1) is 16.3 Å². The zero-order chi connectivity index (χ0) is 15.0. The van der Waals surface area contributed by atoms with Gasteiger partial charge in [0, 0.05) is 21.2 Å². The number of aromatic amines is 1. The molecule has 21 heavy (non-hydrogen) atoms. The molecule has 1 heterocycles. The molecule has 3 N–H and O–H groups in total. The molecule has 3 rings (SSSR count). The summed E-state index contributed by atoms with van der Waals surface area (Å²) in [5.41, 5.74) is 8.91. The van der Waals surface area contributed by atoms with E-state index in [0.29, 0.717) is 32.1 Å². The molecule has 0 fully saturated rings. The Balaban J connectivity index is 2.27. The summed E-state index contributed by atoms with van der Waals surface area (Å²) in [5.74, 6) is 0.356. The molecule has 0 aliphatic rings. The van der Waals surface area contributed by atoms with Crippen molar-refractivity contribution >= 4 is 40.6 Å². The van der Waals surface area contributed by atoms with Crippen LogP contribution in [0.1, 0.15) is 0 Å². The monoisotopic (exact) mass is 337 g/mol. The molecule has 0 aliphatic heterocycles. The lowest BCUT2D eigenvalue weighted by Gasteiger charge is -2.08. The maximum atomic E-state index is 6.26. The van der Waals surface area contributed by atoms with Gasteiger partial charge in [0.1, 0.15) is 0 Å². The molecule has 0 spiro atoms. The Labute approximate surface area is 136 Å². The molecule has 2 aromatic carbocycles. The van der Waals surface area contributed by atoms with E-state index in [2.05, 4.69) is 10.2 Å². The third-order valence-electron chi connectivity index (χ3n) is 3.14. The Morgan fingerprint density at radius 3 is 2.38 bits per heavy atom. The molecule has 0 bridgehead atoms. The van der Waals surface area contributed by atoms with Crippen LogP contribution in [-0.4, -0.2) is 10.2 Å². The molecule has 106 valence electrons. The number of nitrogens with one attached hydrogen (secondary N) is 1. The van der Waals surface area contributed by atoms with Crippen LogP contribution in [0.25, 0.3) is 22.4 Å². The SMILES string of the molecule is Nc1n[nH]c(-c2cc(Cl)ccc2Cl)c1-c1ccccc1Cl. The third-order valence-corrected chi connectivity index (χ3v) is 4.03. The maximum absolute atomic E-state index is 6.26. The standard InChI is InChI=1S/C15H10Cl3N3/c16-8-5-6-12(18)10(7-8)14-13(15(19)21-20-14)9-3-1-2-4-11(9)17/h1-7H,(H3,19,20,21). The summed E-state index contributed by atoms with van der Waals surface area (Å²) < 4.78 is 0. The second-order valence-corrected chi connectivity index (χ2v) is 5.71. The molecule has 1 aromatic heterocycles. The van der Waals surface area contributed by atoms with Gasteiger partial charge in [-0.15, -0.1) is 0 Å². The average molecular weight is 339 g/mol. The fraction of sp³-hybridized carbons (Fsp3) is 0. The zero-order valence-corrected chi connectivity index (χ0v) is 13.0. The number of H-pyrrole nitrogens is 1. The van der Waals surface area contributed by atoms with Crippen molar-refractivity contribution in [2.45, 2.75) is 0 Å². The summed E-state index contributed by atoms with van der Waals surface area (Å²) in [5, 5.41) is 8.70. The van der Waals surface area contributed by atoms with Crippen molar-refractivity contribution in [2.75, 3.05) is 5.73 Å². The first-order valence-corrected chi connectivity index (χ1v) is 7.25. The van der Waals surface area contributed by atoms with Crippen molar-refractivity contribution < 1.29 is 0 Å². The fourth-order valence-corrected chi connectivity index (χ4v) is 2.79. The minimum atomic E-state index is 0.356. The number of nitrogen functional groups attached to an aromatic ring is 1. The lowest BCUT2D eigenvalue weighted by atomic mass is 10.0. The van der Waals surface area contributed by atoms with Crippen molar-refractivity contribution in [3.63, 3.8) is 0 Å². The molecule has 0 radical (unpaired) electrons. The Hall–Kier alpha value is -1.68. The van der Waals surface area contributed by atoms with Crippen LogP contribution in [0.15, 0.2) is 42.5 Å². The first kappa shape index (κ1) is 14.3. The van der Waals surface area contributed by atoms with Gasteiger partial charge in [0.25, 0.3) is 0 Å². The summed E-state index contributed by atoms with van der Waals surface area (Å²) >= 11 is 18.6. The topological polar surface area (TPSA) is 54.7 Å². The number of halogens is 3. The van der Waals surface area contributed by atoms with E-state index in [1.165, 1.54) is 0 Å². The van der Waals surface area contributed by atoms with E-state index in [0.717, 1.165) is 11.1 Å². The van der Waals surface area contributed by atoms with Gasteiger partial charge < -0.3 is 5.73 Å². The van der Waals surface area contributed by atoms with Crippen LogP contribution in [0.5, 0.6) is 0 Å². The minimum absolute atomic E-state index is 0.356. The van der Waals surface area contributed by atoms with Crippen LogP contribution in [0.4, 0.5) is 5.82 Å². The zero-order valence-electron chi connectivity index (χ0n) is 10.7. The summed E-state index contributed by atoms with van der Waals surface area (Å²) in [6.45, 7) is 0. The number of nitrogens with zero attached hydrogens (tertiary/aromatic N) is 1. The van der Waals surface area contributed by atoms with Gasteiger partial charge >= 0.3 is 0 Å². The van der Waals surface area contributed by atoms with Crippen LogP contribution in [0, 0.1) is 0 Å². The van der Waals surface area contributed by atoms with E-state index in [4.69, 9.17) is 40.5 Å². The summed E-state index contributed by atoms with van der Waals surface area (Å²) in [6.07, 6.45) is 0. The molecule has 0 atom stereocenters. The summed E-state index contributed by atoms with van der Waals surface area (Å²) in [6, 6.07) is 12.6. The van der Waals surface area contributed by atoms with Crippen LogP contribution in [0.3, 0.4) is 0 Å². The van der Waals surface area contributed by atoms with E-state index in [9.17, 15) is 0 Å². The van der Waals surface area contributed by atoms with Crippen LogP contribution in [0.2, 0.25) is 15.1 Å².